The Hall–Kier alpha value is -3.72. The number of benzene rings is 2. The minimum absolute atomic E-state index is 0.254. The molecule has 3 aromatic rings. The van der Waals surface area contributed by atoms with Gasteiger partial charge in [-0.3, -0.25) is 14.3 Å². The zero-order valence-electron chi connectivity index (χ0n) is 18.1. The van der Waals surface area contributed by atoms with Crippen molar-refractivity contribution < 1.29 is 14.3 Å². The number of nitrogens with one attached hydrogen (secondary N) is 1. The van der Waals surface area contributed by atoms with E-state index in [1.807, 2.05) is 43.3 Å². The van der Waals surface area contributed by atoms with E-state index >= 15 is 0 Å². The lowest BCUT2D eigenvalue weighted by Gasteiger charge is -2.07. The average molecular weight is 451 g/mol. The van der Waals surface area contributed by atoms with Crippen molar-refractivity contribution in [2.24, 2.45) is 12.0 Å². The molecule has 1 saturated heterocycles. The number of hydrogen-bond donors (Lipinski definition) is 1. The summed E-state index contributed by atoms with van der Waals surface area (Å²) in [6.45, 7) is 1.82. The molecule has 2 aromatic carbocycles. The summed E-state index contributed by atoms with van der Waals surface area (Å²) in [4.78, 5) is 30.5. The number of aromatic nitrogens is 2. The SMILES string of the molecule is COc1ccc(C=C2SC(=Nc3c(C)n(C)n(-c4ccccc4)c3=O)NC2=O)cc1OC. The number of amidine groups is 1. The first-order valence-corrected chi connectivity index (χ1v) is 10.6. The number of ether oxygens (including phenoxy) is 2. The third-order valence-corrected chi connectivity index (χ3v) is 6.00. The van der Waals surface area contributed by atoms with E-state index in [2.05, 4.69) is 10.3 Å². The third kappa shape index (κ3) is 3.94. The van der Waals surface area contributed by atoms with Gasteiger partial charge in [-0.25, -0.2) is 9.67 Å². The fourth-order valence-corrected chi connectivity index (χ4v) is 4.19. The first-order chi connectivity index (χ1) is 15.4. The van der Waals surface area contributed by atoms with E-state index in [9.17, 15) is 9.59 Å². The molecule has 0 aliphatic carbocycles. The molecule has 0 radical (unpaired) electrons. The Morgan fingerprint density at radius 3 is 2.44 bits per heavy atom. The monoisotopic (exact) mass is 450 g/mol. The lowest BCUT2D eigenvalue weighted by atomic mass is 10.2. The van der Waals surface area contributed by atoms with Crippen LogP contribution >= 0.6 is 11.8 Å². The van der Waals surface area contributed by atoms with Gasteiger partial charge in [0.25, 0.3) is 11.5 Å². The Morgan fingerprint density at radius 1 is 1.03 bits per heavy atom. The molecule has 32 heavy (non-hydrogen) atoms. The van der Waals surface area contributed by atoms with Crippen molar-refractivity contribution in [1.82, 2.24) is 14.7 Å². The Kier molecular flexibility index (Phi) is 5.91. The van der Waals surface area contributed by atoms with Crippen molar-refractivity contribution >= 4 is 34.6 Å². The van der Waals surface area contributed by atoms with Crippen molar-refractivity contribution in [3.63, 3.8) is 0 Å². The van der Waals surface area contributed by atoms with Gasteiger partial charge in [-0.15, -0.1) is 0 Å². The maximum Gasteiger partial charge on any atom is 0.297 e. The molecule has 8 nitrogen and oxygen atoms in total. The standard InChI is InChI=1S/C23H22N4O4S/c1-14-20(22(29)27(26(14)2)16-8-6-5-7-9-16)24-23-25-21(28)19(32-23)13-15-10-11-17(30-3)18(12-15)31-4/h5-13H,1-4H3,(H,24,25,28). The largest absolute Gasteiger partial charge is 0.493 e. The Morgan fingerprint density at radius 2 is 1.75 bits per heavy atom. The molecule has 9 heteroatoms. The van der Waals surface area contributed by atoms with Gasteiger partial charge in [-0.1, -0.05) is 24.3 Å². The number of carbonyl (C=O) groups is 1. The molecule has 0 unspecified atom stereocenters. The summed E-state index contributed by atoms with van der Waals surface area (Å²) in [6.07, 6.45) is 1.74. The Labute approximate surface area is 189 Å². The van der Waals surface area contributed by atoms with E-state index in [0.717, 1.165) is 11.3 Å². The summed E-state index contributed by atoms with van der Waals surface area (Å²) in [5.74, 6) is 0.899. The zero-order valence-corrected chi connectivity index (χ0v) is 18.9. The number of thioether (sulfide) groups is 1. The summed E-state index contributed by atoms with van der Waals surface area (Å²) in [5.41, 5.74) is 2.25. The quantitative estimate of drug-likeness (QED) is 0.602. The normalized spacial score (nSPS) is 15.9. The molecule has 0 saturated carbocycles. The molecule has 0 spiro atoms. The van der Waals surface area contributed by atoms with Gasteiger partial charge in [0, 0.05) is 7.05 Å². The molecule has 1 amide bonds. The minimum Gasteiger partial charge on any atom is -0.493 e. The number of rotatable bonds is 5. The van der Waals surface area contributed by atoms with Crippen LogP contribution < -0.4 is 20.3 Å². The smallest absolute Gasteiger partial charge is 0.297 e. The fraction of sp³-hybridized carbons (Fsp3) is 0.174. The molecule has 1 aliphatic heterocycles. The van der Waals surface area contributed by atoms with Crippen molar-refractivity contribution in [2.45, 2.75) is 6.92 Å². The second-order valence-electron chi connectivity index (χ2n) is 7.01. The van der Waals surface area contributed by atoms with Crippen LogP contribution in [0, 0.1) is 6.92 Å². The Bertz CT molecular complexity index is 1310. The molecule has 0 bridgehead atoms. The molecular formula is C23H22N4O4S. The van der Waals surface area contributed by atoms with Gasteiger partial charge in [-0.2, -0.15) is 0 Å². The van der Waals surface area contributed by atoms with E-state index in [1.165, 1.54) is 11.8 Å². The van der Waals surface area contributed by atoms with Crippen molar-refractivity contribution in [3.05, 3.63) is 75.0 Å². The van der Waals surface area contributed by atoms with E-state index in [1.54, 1.807) is 48.8 Å². The summed E-state index contributed by atoms with van der Waals surface area (Å²) < 4.78 is 13.9. The van der Waals surface area contributed by atoms with Crippen LogP contribution in [0.15, 0.2) is 63.2 Å². The van der Waals surface area contributed by atoms with Crippen LogP contribution in [0.2, 0.25) is 0 Å². The van der Waals surface area contributed by atoms with Gasteiger partial charge in [0.05, 0.1) is 30.5 Å². The molecule has 2 heterocycles. The predicted octanol–water partition coefficient (Wildman–Crippen LogP) is 3.39. The topological polar surface area (TPSA) is 86.9 Å². The van der Waals surface area contributed by atoms with Crippen LogP contribution in [0.1, 0.15) is 11.3 Å². The number of aliphatic imine (C=N–C) groups is 1. The highest BCUT2D eigenvalue weighted by Crippen LogP contribution is 2.32. The van der Waals surface area contributed by atoms with Gasteiger partial charge >= 0.3 is 0 Å². The number of para-hydroxylation sites is 1. The highest BCUT2D eigenvalue weighted by atomic mass is 32.2. The number of methoxy groups -OCH3 is 2. The Balaban J connectivity index is 1.66. The van der Waals surface area contributed by atoms with Crippen molar-refractivity contribution in [3.8, 4) is 17.2 Å². The van der Waals surface area contributed by atoms with Crippen molar-refractivity contribution in [1.29, 1.82) is 0 Å². The highest BCUT2D eigenvalue weighted by Gasteiger charge is 2.26. The van der Waals surface area contributed by atoms with E-state index in [0.29, 0.717) is 27.3 Å². The van der Waals surface area contributed by atoms with Gasteiger partial charge in [-0.05, 0) is 54.6 Å². The van der Waals surface area contributed by atoms with Crippen LogP contribution in [-0.4, -0.2) is 34.7 Å². The summed E-state index contributed by atoms with van der Waals surface area (Å²) in [7, 11) is 4.92. The van der Waals surface area contributed by atoms with Crippen LogP contribution in [0.5, 0.6) is 11.5 Å². The molecular weight excluding hydrogens is 428 g/mol. The minimum atomic E-state index is -0.277. The molecule has 1 aromatic heterocycles. The van der Waals surface area contributed by atoms with E-state index < -0.39 is 0 Å². The summed E-state index contributed by atoms with van der Waals surface area (Å²) in [5, 5.41) is 3.09. The summed E-state index contributed by atoms with van der Waals surface area (Å²) >= 11 is 1.18. The molecule has 1 fully saturated rings. The average Bonchev–Trinajstić information content (AvgIpc) is 3.25. The molecule has 1 N–H and O–H groups in total. The van der Waals surface area contributed by atoms with Crippen LogP contribution in [0.4, 0.5) is 5.69 Å². The number of carbonyl (C=O) groups excluding carboxylic acids is 1. The highest BCUT2D eigenvalue weighted by molar-refractivity contribution is 8.18. The van der Waals surface area contributed by atoms with Gasteiger partial charge < -0.3 is 14.8 Å². The molecule has 0 atom stereocenters. The first-order valence-electron chi connectivity index (χ1n) is 9.78. The van der Waals surface area contributed by atoms with E-state index in [4.69, 9.17) is 9.47 Å². The number of hydrogen-bond acceptors (Lipinski definition) is 6. The first kappa shape index (κ1) is 21.5. The maximum absolute atomic E-state index is 13.1. The zero-order chi connectivity index (χ0) is 22.8. The van der Waals surface area contributed by atoms with E-state index in [-0.39, 0.29) is 17.2 Å². The molecule has 1 aliphatic rings. The maximum atomic E-state index is 13.1. The number of nitrogens with zero attached hydrogens (tertiary/aromatic N) is 3. The van der Waals surface area contributed by atoms with Crippen molar-refractivity contribution in [2.75, 3.05) is 14.2 Å². The van der Waals surface area contributed by atoms with Gasteiger partial charge in [0.1, 0.15) is 0 Å². The van der Waals surface area contributed by atoms with Crippen LogP contribution in [-0.2, 0) is 11.8 Å². The van der Waals surface area contributed by atoms with Crippen LogP contribution in [0.25, 0.3) is 11.8 Å². The summed E-state index contributed by atoms with van der Waals surface area (Å²) in [6, 6.07) is 14.7. The number of amides is 1. The van der Waals surface area contributed by atoms with Gasteiger partial charge in [0.15, 0.2) is 22.4 Å². The lowest BCUT2D eigenvalue weighted by molar-refractivity contribution is -0.115. The lowest BCUT2D eigenvalue weighted by Crippen LogP contribution is -2.21. The second-order valence-corrected chi connectivity index (χ2v) is 8.04. The molecule has 164 valence electrons. The van der Waals surface area contributed by atoms with Gasteiger partial charge in [0.2, 0.25) is 0 Å². The fourth-order valence-electron chi connectivity index (χ4n) is 3.36. The molecule has 4 rings (SSSR count). The second kappa shape index (κ2) is 8.80. The predicted molar refractivity (Wildman–Crippen MR) is 126 cm³/mol. The third-order valence-electron chi connectivity index (χ3n) is 5.09. The van der Waals surface area contributed by atoms with Crippen LogP contribution in [0.3, 0.4) is 0 Å².